The Bertz CT molecular complexity index is 1680. The molecule has 9 heteroatoms. The van der Waals surface area contributed by atoms with Gasteiger partial charge in [-0.1, -0.05) is 12.1 Å². The molecular formula is C31H24ClFN4O3. The van der Waals surface area contributed by atoms with Crippen molar-refractivity contribution in [1.29, 1.82) is 0 Å². The van der Waals surface area contributed by atoms with Gasteiger partial charge in [0, 0.05) is 34.7 Å². The van der Waals surface area contributed by atoms with Gasteiger partial charge in [0.1, 0.15) is 22.7 Å². The van der Waals surface area contributed by atoms with E-state index in [1.807, 2.05) is 36.4 Å². The van der Waals surface area contributed by atoms with Crippen molar-refractivity contribution in [3.8, 4) is 22.8 Å². The molecule has 7 nitrogen and oxygen atoms in total. The predicted octanol–water partition coefficient (Wildman–Crippen LogP) is 7.01. The van der Waals surface area contributed by atoms with Gasteiger partial charge in [-0.05, 0) is 91.7 Å². The fourth-order valence-corrected chi connectivity index (χ4v) is 4.35. The van der Waals surface area contributed by atoms with Crippen LogP contribution in [0.15, 0.2) is 103 Å². The lowest BCUT2D eigenvalue weighted by Gasteiger charge is -2.16. The molecule has 2 heterocycles. The molecule has 0 atom stereocenters. The molecule has 5 aromatic rings. The Morgan fingerprint density at radius 1 is 0.775 bits per heavy atom. The topological polar surface area (TPSA) is 93.2 Å². The highest BCUT2D eigenvalue weighted by Crippen LogP contribution is 2.47. The van der Waals surface area contributed by atoms with Gasteiger partial charge in [-0.3, -0.25) is 19.6 Å². The van der Waals surface area contributed by atoms with Gasteiger partial charge >= 0.3 is 0 Å². The van der Waals surface area contributed by atoms with E-state index < -0.39 is 17.1 Å². The smallest absolute Gasteiger partial charge is 0.240 e. The molecule has 3 aromatic carbocycles. The zero-order valence-electron chi connectivity index (χ0n) is 21.1. The van der Waals surface area contributed by atoms with Gasteiger partial charge in [0.2, 0.25) is 11.8 Å². The van der Waals surface area contributed by atoms with Crippen molar-refractivity contribution < 1.29 is 18.7 Å². The number of anilines is 2. The second-order valence-electron chi connectivity index (χ2n) is 9.38. The molecule has 1 fully saturated rings. The molecule has 200 valence electrons. The molecule has 0 unspecified atom stereocenters. The minimum atomic E-state index is -1.13. The van der Waals surface area contributed by atoms with E-state index in [1.165, 1.54) is 24.3 Å². The average Bonchev–Trinajstić information content (AvgIpc) is 3.78. The number of nitrogens with one attached hydrogen (secondary N) is 2. The number of amides is 2. The Morgan fingerprint density at radius 3 is 2.08 bits per heavy atom. The summed E-state index contributed by atoms with van der Waals surface area (Å²) in [6.07, 6.45) is 4.35. The van der Waals surface area contributed by atoms with Crippen LogP contribution in [0.1, 0.15) is 12.8 Å². The van der Waals surface area contributed by atoms with E-state index in [0.717, 1.165) is 22.2 Å². The lowest BCUT2D eigenvalue weighted by molar-refractivity contribution is -0.131. The fraction of sp³-hybridized carbons (Fsp3) is 0.0968. The Balaban J connectivity index is 0.00000323. The predicted molar refractivity (Wildman–Crippen MR) is 154 cm³/mol. The maximum absolute atomic E-state index is 13.1. The molecule has 1 saturated carbocycles. The highest BCUT2D eigenvalue weighted by molar-refractivity contribution is 6.16. The standard InChI is InChI=1S/C31H23FN4O3.ClH/c32-21-5-7-22(8-6-21)35-29(37)31(15-16-31)30(38)36-23-9-11-24(12-10-23)39-28-14-18-34-27-19-20(4-13-25(27)28)26-3-1-2-17-33-26;/h1-14,17-19H,15-16H2,(H,35,37)(H,36,38);1H. The van der Waals surface area contributed by atoms with E-state index in [1.54, 1.807) is 42.7 Å². The number of carbonyl (C=O) groups excluding carboxylic acids is 2. The Hall–Kier alpha value is -4.82. The van der Waals surface area contributed by atoms with Crippen LogP contribution in [0.3, 0.4) is 0 Å². The number of aromatic nitrogens is 2. The number of hydrogen-bond donors (Lipinski definition) is 2. The van der Waals surface area contributed by atoms with Gasteiger partial charge in [-0.2, -0.15) is 0 Å². The summed E-state index contributed by atoms with van der Waals surface area (Å²) in [6.45, 7) is 0. The summed E-state index contributed by atoms with van der Waals surface area (Å²) in [5, 5.41) is 6.40. The first kappa shape index (κ1) is 26.8. The lowest BCUT2D eigenvalue weighted by atomic mass is 10.0. The van der Waals surface area contributed by atoms with Crippen molar-refractivity contribution in [2.45, 2.75) is 12.8 Å². The van der Waals surface area contributed by atoms with Crippen molar-refractivity contribution in [3.63, 3.8) is 0 Å². The minimum Gasteiger partial charge on any atom is -0.457 e. The van der Waals surface area contributed by atoms with Crippen molar-refractivity contribution in [1.82, 2.24) is 9.97 Å². The van der Waals surface area contributed by atoms with E-state index in [4.69, 9.17) is 4.74 Å². The molecule has 2 amide bonds. The van der Waals surface area contributed by atoms with Crippen LogP contribution in [0.2, 0.25) is 0 Å². The fourth-order valence-electron chi connectivity index (χ4n) is 4.35. The molecule has 2 aromatic heterocycles. The molecule has 1 aliphatic carbocycles. The summed E-state index contributed by atoms with van der Waals surface area (Å²) in [5.41, 5.74) is 2.48. The van der Waals surface area contributed by atoms with Gasteiger partial charge in [-0.25, -0.2) is 4.39 Å². The van der Waals surface area contributed by atoms with Crippen LogP contribution in [0.25, 0.3) is 22.2 Å². The molecule has 0 saturated heterocycles. The van der Waals surface area contributed by atoms with Crippen molar-refractivity contribution in [2.75, 3.05) is 10.6 Å². The number of carbonyl (C=O) groups is 2. The molecule has 0 spiro atoms. The first-order chi connectivity index (χ1) is 19.0. The number of halogens is 2. The first-order valence-electron chi connectivity index (χ1n) is 12.5. The van der Waals surface area contributed by atoms with Gasteiger partial charge in [-0.15, -0.1) is 12.4 Å². The average molecular weight is 555 g/mol. The lowest BCUT2D eigenvalue weighted by Crippen LogP contribution is -2.35. The molecule has 1 aliphatic rings. The van der Waals surface area contributed by atoms with E-state index in [2.05, 4.69) is 20.6 Å². The zero-order chi connectivity index (χ0) is 26.8. The van der Waals surface area contributed by atoms with E-state index in [9.17, 15) is 14.0 Å². The van der Waals surface area contributed by atoms with Crippen molar-refractivity contribution in [3.05, 3.63) is 109 Å². The van der Waals surface area contributed by atoms with Gasteiger partial charge in [0.25, 0.3) is 0 Å². The van der Waals surface area contributed by atoms with Gasteiger partial charge in [0.15, 0.2) is 0 Å². The van der Waals surface area contributed by atoms with Crippen LogP contribution in [-0.4, -0.2) is 21.8 Å². The number of nitrogens with zero attached hydrogens (tertiary/aromatic N) is 2. The number of pyridine rings is 2. The summed E-state index contributed by atoms with van der Waals surface area (Å²) in [7, 11) is 0. The molecular weight excluding hydrogens is 531 g/mol. The molecule has 0 aliphatic heterocycles. The summed E-state index contributed by atoms with van der Waals surface area (Å²) in [4.78, 5) is 34.6. The van der Waals surface area contributed by atoms with Gasteiger partial charge < -0.3 is 15.4 Å². The van der Waals surface area contributed by atoms with E-state index >= 15 is 0 Å². The maximum atomic E-state index is 13.1. The highest BCUT2D eigenvalue weighted by Gasteiger charge is 2.56. The first-order valence-corrected chi connectivity index (χ1v) is 12.5. The molecule has 40 heavy (non-hydrogen) atoms. The second-order valence-corrected chi connectivity index (χ2v) is 9.38. The molecule has 2 N–H and O–H groups in total. The van der Waals surface area contributed by atoms with Crippen LogP contribution >= 0.6 is 12.4 Å². The van der Waals surface area contributed by atoms with E-state index in [-0.39, 0.29) is 18.3 Å². The largest absolute Gasteiger partial charge is 0.457 e. The van der Waals surface area contributed by atoms with Crippen LogP contribution in [0, 0.1) is 11.2 Å². The Morgan fingerprint density at radius 2 is 1.45 bits per heavy atom. The van der Waals surface area contributed by atoms with Crippen molar-refractivity contribution in [2.24, 2.45) is 5.41 Å². The monoisotopic (exact) mass is 554 g/mol. The van der Waals surface area contributed by atoms with Crippen molar-refractivity contribution >= 4 is 46.5 Å². The highest BCUT2D eigenvalue weighted by atomic mass is 35.5. The maximum Gasteiger partial charge on any atom is 0.240 e. The summed E-state index contributed by atoms with van der Waals surface area (Å²) < 4.78 is 19.3. The SMILES string of the molecule is Cl.O=C(Nc1ccc(F)cc1)C1(C(=O)Nc2ccc(Oc3ccnc4cc(-c5ccccn5)ccc34)cc2)CC1. The molecule has 6 rings (SSSR count). The molecule has 0 radical (unpaired) electrons. The third-order valence-corrected chi connectivity index (χ3v) is 6.72. The molecule has 0 bridgehead atoms. The van der Waals surface area contributed by atoms with Crippen LogP contribution in [0.5, 0.6) is 11.5 Å². The summed E-state index contributed by atoms with van der Waals surface area (Å²) >= 11 is 0. The zero-order valence-corrected chi connectivity index (χ0v) is 22.0. The van der Waals surface area contributed by atoms with Crippen LogP contribution < -0.4 is 15.4 Å². The number of fused-ring (bicyclic) bond motifs is 1. The van der Waals surface area contributed by atoms with Crippen LogP contribution in [0.4, 0.5) is 15.8 Å². The Kier molecular flexibility index (Phi) is 7.44. The van der Waals surface area contributed by atoms with E-state index in [0.29, 0.717) is 35.7 Å². The number of hydrogen-bond acceptors (Lipinski definition) is 5. The minimum absolute atomic E-state index is 0. The summed E-state index contributed by atoms with van der Waals surface area (Å²) in [6, 6.07) is 25.9. The Labute approximate surface area is 235 Å². The third kappa shape index (κ3) is 5.48. The number of rotatable bonds is 7. The summed E-state index contributed by atoms with van der Waals surface area (Å²) in [5.74, 6) is 0.0661. The second kappa shape index (κ2) is 11.1. The number of ether oxygens (including phenoxy) is 1. The van der Waals surface area contributed by atoms with Gasteiger partial charge in [0.05, 0.1) is 11.2 Å². The number of benzene rings is 3. The third-order valence-electron chi connectivity index (χ3n) is 6.72. The quantitative estimate of drug-likeness (QED) is 0.211. The normalized spacial score (nSPS) is 13.1. The van der Waals surface area contributed by atoms with Crippen LogP contribution in [-0.2, 0) is 9.59 Å².